The summed E-state index contributed by atoms with van der Waals surface area (Å²) in [6, 6.07) is 7.37. The first-order chi connectivity index (χ1) is 13.4. The molecule has 164 valence electrons. The Kier molecular flexibility index (Phi) is 8.34. The van der Waals surface area contributed by atoms with E-state index in [2.05, 4.69) is 0 Å². The van der Waals surface area contributed by atoms with Gasteiger partial charge in [0.15, 0.2) is 0 Å². The number of piperidine rings is 1. The summed E-state index contributed by atoms with van der Waals surface area (Å²) >= 11 is 6.16. The Balaban J connectivity index is 2.11. The summed E-state index contributed by atoms with van der Waals surface area (Å²) in [4.78, 5) is 14.2. The molecule has 1 unspecified atom stereocenters. The van der Waals surface area contributed by atoms with E-state index in [1.807, 2.05) is 39.0 Å². The summed E-state index contributed by atoms with van der Waals surface area (Å²) in [5.74, 6) is 0.0213. The number of halogens is 1. The molecule has 7 nitrogen and oxygen atoms in total. The predicted molar refractivity (Wildman–Crippen MR) is 111 cm³/mol. The van der Waals surface area contributed by atoms with Gasteiger partial charge >= 0.3 is 6.09 Å². The van der Waals surface area contributed by atoms with Gasteiger partial charge in [0.25, 0.3) is 10.1 Å². The summed E-state index contributed by atoms with van der Waals surface area (Å²) in [6.07, 6.45) is 2.00. The van der Waals surface area contributed by atoms with Crippen molar-refractivity contribution in [2.24, 2.45) is 5.92 Å². The molecule has 1 saturated heterocycles. The number of rotatable bonds is 7. The van der Waals surface area contributed by atoms with Crippen molar-refractivity contribution in [3.05, 3.63) is 34.9 Å². The zero-order valence-electron chi connectivity index (χ0n) is 17.4. The fourth-order valence-electron chi connectivity index (χ4n) is 3.30. The Hall–Kier alpha value is -1.35. The maximum absolute atomic E-state index is 12.5. The molecule has 1 aromatic carbocycles. The molecule has 0 N–H and O–H groups in total. The number of carbonyl (C=O) groups is 1. The second-order valence-corrected chi connectivity index (χ2v) is 10.3. The monoisotopic (exact) mass is 447 g/mol. The van der Waals surface area contributed by atoms with Crippen LogP contribution in [0.25, 0.3) is 0 Å². The third kappa shape index (κ3) is 8.50. The SMILES string of the molecule is CC(C)(C)OC(=O)N1CCCC([C@@H](OCCOS(C)(=O)=O)c2cccc(Cl)c2)C1. The van der Waals surface area contributed by atoms with Crippen molar-refractivity contribution in [1.29, 1.82) is 0 Å². The smallest absolute Gasteiger partial charge is 0.410 e. The van der Waals surface area contributed by atoms with Crippen molar-refractivity contribution in [1.82, 2.24) is 4.90 Å². The van der Waals surface area contributed by atoms with Crippen LogP contribution in [0, 0.1) is 5.92 Å². The van der Waals surface area contributed by atoms with Crippen LogP contribution >= 0.6 is 11.6 Å². The molecule has 0 aliphatic carbocycles. The second kappa shape index (κ2) is 10.1. The fourth-order valence-corrected chi connectivity index (χ4v) is 3.87. The topological polar surface area (TPSA) is 82.1 Å². The summed E-state index contributed by atoms with van der Waals surface area (Å²) in [5, 5.41) is 0.586. The highest BCUT2D eigenvalue weighted by Gasteiger charge is 2.33. The molecule has 2 atom stereocenters. The number of carbonyl (C=O) groups excluding carboxylic acids is 1. The summed E-state index contributed by atoms with van der Waals surface area (Å²) in [5.41, 5.74) is 0.323. The van der Waals surface area contributed by atoms with Crippen LogP contribution in [0.15, 0.2) is 24.3 Å². The van der Waals surface area contributed by atoms with Crippen molar-refractivity contribution in [3.63, 3.8) is 0 Å². The van der Waals surface area contributed by atoms with E-state index in [1.54, 1.807) is 11.0 Å². The van der Waals surface area contributed by atoms with E-state index >= 15 is 0 Å². The van der Waals surface area contributed by atoms with E-state index in [0.29, 0.717) is 18.1 Å². The van der Waals surface area contributed by atoms with Crippen LogP contribution in [0.5, 0.6) is 0 Å². The molecule has 0 bridgehead atoms. The molecule has 9 heteroatoms. The lowest BCUT2D eigenvalue weighted by Gasteiger charge is -2.37. The summed E-state index contributed by atoms with van der Waals surface area (Å²) in [6.45, 7) is 6.67. The highest BCUT2D eigenvalue weighted by atomic mass is 35.5. The number of ether oxygens (including phenoxy) is 2. The minimum Gasteiger partial charge on any atom is -0.444 e. The van der Waals surface area contributed by atoms with Gasteiger partial charge < -0.3 is 14.4 Å². The van der Waals surface area contributed by atoms with Crippen molar-refractivity contribution >= 4 is 27.8 Å². The van der Waals surface area contributed by atoms with E-state index in [9.17, 15) is 13.2 Å². The summed E-state index contributed by atoms with van der Waals surface area (Å²) in [7, 11) is -3.53. The first-order valence-electron chi connectivity index (χ1n) is 9.64. The van der Waals surface area contributed by atoms with E-state index in [4.69, 9.17) is 25.3 Å². The van der Waals surface area contributed by atoms with Gasteiger partial charge in [-0.15, -0.1) is 0 Å². The fraction of sp³-hybridized carbons (Fsp3) is 0.650. The molecule has 0 aromatic heterocycles. The summed E-state index contributed by atoms with van der Waals surface area (Å²) < 4.78 is 38.6. The molecule has 1 aromatic rings. The van der Waals surface area contributed by atoms with Gasteiger partial charge in [-0.05, 0) is 51.3 Å². The van der Waals surface area contributed by atoms with Gasteiger partial charge in [0.05, 0.1) is 25.6 Å². The lowest BCUT2D eigenvalue weighted by Crippen LogP contribution is -2.44. The third-order valence-electron chi connectivity index (χ3n) is 4.39. The Morgan fingerprint density at radius 3 is 2.66 bits per heavy atom. The zero-order valence-corrected chi connectivity index (χ0v) is 19.0. The molecule has 1 heterocycles. The minimum absolute atomic E-state index is 0.0213. The van der Waals surface area contributed by atoms with Gasteiger partial charge in [0, 0.05) is 24.0 Å². The molecule has 0 radical (unpaired) electrons. The Labute approximate surface area is 178 Å². The van der Waals surface area contributed by atoms with Crippen molar-refractivity contribution in [2.45, 2.75) is 45.3 Å². The molecule has 29 heavy (non-hydrogen) atoms. The van der Waals surface area contributed by atoms with E-state index in [-0.39, 0.29) is 31.3 Å². The highest BCUT2D eigenvalue weighted by Crippen LogP contribution is 2.34. The molecule has 1 aliphatic heterocycles. The van der Waals surface area contributed by atoms with Crippen LogP contribution in [0.4, 0.5) is 4.79 Å². The first-order valence-corrected chi connectivity index (χ1v) is 11.8. The predicted octanol–water partition coefficient (Wildman–Crippen LogP) is 4.02. The third-order valence-corrected chi connectivity index (χ3v) is 5.22. The maximum Gasteiger partial charge on any atom is 0.410 e. The lowest BCUT2D eigenvalue weighted by atomic mass is 9.88. The number of hydrogen-bond acceptors (Lipinski definition) is 6. The van der Waals surface area contributed by atoms with Gasteiger partial charge in [-0.25, -0.2) is 4.79 Å². The van der Waals surface area contributed by atoms with Crippen molar-refractivity contribution in [2.75, 3.05) is 32.6 Å². The normalized spacial score (nSPS) is 19.1. The molecular weight excluding hydrogens is 418 g/mol. The number of benzene rings is 1. The zero-order chi connectivity index (χ0) is 21.7. The minimum atomic E-state index is -3.53. The Morgan fingerprint density at radius 1 is 1.31 bits per heavy atom. The standard InChI is InChI=1S/C20H30ClNO6S/c1-20(2,3)28-19(23)22-10-6-8-16(14-22)18(15-7-5-9-17(21)13-15)26-11-12-27-29(4,24)25/h5,7,9,13,16,18H,6,8,10-12,14H2,1-4H3/t16?,18-/m0/s1. The van der Waals surface area contributed by atoms with Crippen molar-refractivity contribution < 1.29 is 26.9 Å². The molecule has 0 spiro atoms. The van der Waals surface area contributed by atoms with Crippen LogP contribution in [0.2, 0.25) is 5.02 Å². The van der Waals surface area contributed by atoms with Crippen LogP contribution in [-0.4, -0.2) is 57.6 Å². The Bertz CT molecular complexity index is 792. The van der Waals surface area contributed by atoms with Gasteiger partial charge in [0.2, 0.25) is 0 Å². The molecule has 1 fully saturated rings. The number of likely N-dealkylation sites (tertiary alicyclic amines) is 1. The number of nitrogens with zero attached hydrogens (tertiary/aromatic N) is 1. The Morgan fingerprint density at radius 2 is 2.03 bits per heavy atom. The first kappa shape index (κ1) is 23.9. The van der Waals surface area contributed by atoms with Crippen molar-refractivity contribution in [3.8, 4) is 0 Å². The quantitative estimate of drug-likeness (QED) is 0.463. The maximum atomic E-state index is 12.5. The average molecular weight is 448 g/mol. The number of amides is 1. The van der Waals surface area contributed by atoms with Crippen LogP contribution in [-0.2, 0) is 23.8 Å². The second-order valence-electron chi connectivity index (χ2n) is 8.20. The van der Waals surface area contributed by atoms with E-state index in [1.165, 1.54) is 0 Å². The molecule has 2 rings (SSSR count). The van der Waals surface area contributed by atoms with Crippen LogP contribution in [0.1, 0.15) is 45.3 Å². The van der Waals surface area contributed by atoms with Gasteiger partial charge in [-0.1, -0.05) is 23.7 Å². The van der Waals surface area contributed by atoms with Crippen LogP contribution in [0.3, 0.4) is 0 Å². The van der Waals surface area contributed by atoms with E-state index < -0.39 is 15.7 Å². The molecule has 1 amide bonds. The highest BCUT2D eigenvalue weighted by molar-refractivity contribution is 7.85. The largest absolute Gasteiger partial charge is 0.444 e. The van der Waals surface area contributed by atoms with Gasteiger partial charge in [0.1, 0.15) is 5.60 Å². The van der Waals surface area contributed by atoms with Gasteiger partial charge in [-0.3, -0.25) is 4.18 Å². The molecule has 1 aliphatic rings. The van der Waals surface area contributed by atoms with Crippen LogP contribution < -0.4 is 0 Å². The lowest BCUT2D eigenvalue weighted by molar-refractivity contribution is -0.0322. The van der Waals surface area contributed by atoms with Gasteiger partial charge in [-0.2, -0.15) is 8.42 Å². The molecular formula is C20H30ClNO6S. The molecule has 0 saturated carbocycles. The number of hydrogen-bond donors (Lipinski definition) is 0. The van der Waals surface area contributed by atoms with E-state index in [0.717, 1.165) is 24.7 Å². The average Bonchev–Trinajstić information content (AvgIpc) is 2.59.